The van der Waals surface area contributed by atoms with E-state index in [1.165, 1.54) is 34.6 Å². The molecule has 2 heterocycles. The van der Waals surface area contributed by atoms with Crippen LogP contribution in [0.3, 0.4) is 0 Å². The number of hydrogen-bond donors (Lipinski definition) is 0. The maximum absolute atomic E-state index is 13.2. The summed E-state index contributed by atoms with van der Waals surface area (Å²) >= 11 is 1.35. The minimum atomic E-state index is -0.461. The summed E-state index contributed by atoms with van der Waals surface area (Å²) in [5.41, 5.74) is 1.84. The van der Waals surface area contributed by atoms with Crippen LogP contribution in [0.1, 0.15) is 41.0 Å². The Balaban J connectivity index is 1.62. The van der Waals surface area contributed by atoms with Gasteiger partial charge in [0.25, 0.3) is 17.3 Å². The smallest absolute Gasteiger partial charge is 0.293 e. The van der Waals surface area contributed by atoms with Gasteiger partial charge < -0.3 is 4.90 Å². The van der Waals surface area contributed by atoms with Crippen molar-refractivity contribution in [3.8, 4) is 0 Å². The molecule has 0 radical (unpaired) electrons. The highest BCUT2D eigenvalue weighted by molar-refractivity contribution is 7.99. The number of benzene rings is 2. The number of nitro benzene ring substituents is 2. The molecule has 34 heavy (non-hydrogen) atoms. The van der Waals surface area contributed by atoms with Crippen LogP contribution in [-0.2, 0) is 0 Å². The van der Waals surface area contributed by atoms with E-state index in [0.29, 0.717) is 17.1 Å². The van der Waals surface area contributed by atoms with E-state index in [2.05, 4.69) is 5.10 Å². The maximum Gasteiger partial charge on any atom is 0.293 e. The molecule has 0 unspecified atom stereocenters. The summed E-state index contributed by atoms with van der Waals surface area (Å²) in [4.78, 5) is 38.5. The van der Waals surface area contributed by atoms with E-state index in [-0.39, 0.29) is 16.9 Å². The second-order valence-electron chi connectivity index (χ2n) is 8.08. The molecule has 0 spiro atoms. The van der Waals surface area contributed by atoms with Gasteiger partial charge in [-0.3, -0.25) is 25.0 Å². The summed E-state index contributed by atoms with van der Waals surface area (Å²) < 4.78 is 1.25. The average Bonchev–Trinajstić information content (AvgIpc) is 3.12. The Kier molecular flexibility index (Phi) is 6.64. The molecule has 0 atom stereocenters. The molecule has 0 aliphatic carbocycles. The Morgan fingerprint density at radius 3 is 2.26 bits per heavy atom. The molecule has 1 fully saturated rings. The summed E-state index contributed by atoms with van der Waals surface area (Å²) in [5, 5.41) is 27.0. The van der Waals surface area contributed by atoms with Gasteiger partial charge in [0, 0.05) is 41.7 Å². The van der Waals surface area contributed by atoms with E-state index in [1.807, 2.05) is 4.90 Å². The number of nitrogens with zero attached hydrogens (tertiary/aromatic N) is 5. The molecule has 1 aromatic heterocycles. The first-order valence-corrected chi connectivity index (χ1v) is 11.6. The molecule has 1 aliphatic rings. The molecule has 0 N–H and O–H groups in total. The summed E-state index contributed by atoms with van der Waals surface area (Å²) in [6.07, 6.45) is 3.08. The number of aryl methyl sites for hydroxylation is 1. The highest BCUT2D eigenvalue weighted by Crippen LogP contribution is 2.35. The molecule has 176 valence electrons. The van der Waals surface area contributed by atoms with Crippen molar-refractivity contribution in [3.05, 3.63) is 79.6 Å². The standard InChI is InChI=1S/C23H23N5O5S/c1-15-22(34-19-9-7-18(8-10-19)27(30)31)16(2)26(24-15)23(29)17-6-11-20(21(14-17)28(32)33)25-12-4-3-5-13-25/h6-11,14H,3-5,12-13H2,1-2H3. The molecule has 11 heteroatoms. The van der Waals surface area contributed by atoms with Crippen molar-refractivity contribution < 1.29 is 14.6 Å². The molecule has 0 saturated carbocycles. The Labute approximate surface area is 199 Å². The SMILES string of the molecule is Cc1nn(C(=O)c2ccc(N3CCCCC3)c([N+](=O)[O-])c2)c(C)c1Sc1ccc([N+](=O)[O-])cc1. The van der Waals surface area contributed by atoms with E-state index in [1.54, 1.807) is 38.1 Å². The zero-order chi connectivity index (χ0) is 24.4. The molecule has 1 aliphatic heterocycles. The van der Waals surface area contributed by atoms with Crippen molar-refractivity contribution in [1.82, 2.24) is 9.78 Å². The molecule has 10 nitrogen and oxygen atoms in total. The van der Waals surface area contributed by atoms with E-state index in [4.69, 9.17) is 0 Å². The second-order valence-corrected chi connectivity index (χ2v) is 9.16. The number of anilines is 1. The number of aromatic nitrogens is 2. The predicted molar refractivity (Wildman–Crippen MR) is 128 cm³/mol. The van der Waals surface area contributed by atoms with Gasteiger partial charge in [0.1, 0.15) is 5.69 Å². The van der Waals surface area contributed by atoms with Gasteiger partial charge in [0.05, 0.1) is 26.1 Å². The first-order chi connectivity index (χ1) is 16.3. The summed E-state index contributed by atoms with van der Waals surface area (Å²) in [7, 11) is 0. The van der Waals surface area contributed by atoms with Crippen molar-refractivity contribution in [3.63, 3.8) is 0 Å². The van der Waals surface area contributed by atoms with Crippen molar-refractivity contribution >= 4 is 34.7 Å². The number of piperidine rings is 1. The molecule has 0 amide bonds. The lowest BCUT2D eigenvalue weighted by atomic mass is 10.1. The average molecular weight is 482 g/mol. The molecule has 1 saturated heterocycles. The Hall–Kier alpha value is -3.73. The quantitative estimate of drug-likeness (QED) is 0.350. The summed E-state index contributed by atoms with van der Waals surface area (Å²) in [5.74, 6) is -0.454. The van der Waals surface area contributed by atoms with Crippen LogP contribution >= 0.6 is 11.8 Å². The Bertz CT molecular complexity index is 1270. The van der Waals surface area contributed by atoms with Gasteiger partial charge in [0.2, 0.25) is 0 Å². The summed E-state index contributed by atoms with van der Waals surface area (Å²) in [6.45, 7) is 5.04. The minimum absolute atomic E-state index is 0.00161. The highest BCUT2D eigenvalue weighted by atomic mass is 32.2. The highest BCUT2D eigenvalue weighted by Gasteiger charge is 2.25. The van der Waals surface area contributed by atoms with Gasteiger partial charge in [0.15, 0.2) is 0 Å². The minimum Gasteiger partial charge on any atom is -0.366 e. The predicted octanol–water partition coefficient (Wildman–Crippen LogP) is 5.15. The van der Waals surface area contributed by atoms with E-state index < -0.39 is 15.8 Å². The van der Waals surface area contributed by atoms with Gasteiger partial charge in [-0.25, -0.2) is 0 Å². The normalized spacial score (nSPS) is 13.6. The third-order valence-electron chi connectivity index (χ3n) is 5.80. The fraction of sp³-hybridized carbons (Fsp3) is 0.304. The van der Waals surface area contributed by atoms with Crippen LogP contribution in [0.4, 0.5) is 17.1 Å². The van der Waals surface area contributed by atoms with Crippen LogP contribution in [0.5, 0.6) is 0 Å². The van der Waals surface area contributed by atoms with Crippen LogP contribution < -0.4 is 4.90 Å². The van der Waals surface area contributed by atoms with Crippen molar-refractivity contribution in [1.29, 1.82) is 0 Å². The fourth-order valence-corrected chi connectivity index (χ4v) is 4.99. The first-order valence-electron chi connectivity index (χ1n) is 10.8. The lowest BCUT2D eigenvalue weighted by Gasteiger charge is -2.28. The third-order valence-corrected chi connectivity index (χ3v) is 7.10. The number of carbonyl (C=O) groups excluding carboxylic acids is 1. The molecular formula is C23H23N5O5S. The lowest BCUT2D eigenvalue weighted by Crippen LogP contribution is -2.30. The van der Waals surface area contributed by atoms with E-state index >= 15 is 0 Å². The molecule has 2 aromatic carbocycles. The fourth-order valence-electron chi connectivity index (χ4n) is 4.05. The van der Waals surface area contributed by atoms with Gasteiger partial charge in [-0.2, -0.15) is 9.78 Å². The number of carbonyl (C=O) groups is 1. The second kappa shape index (κ2) is 9.64. The topological polar surface area (TPSA) is 124 Å². The Morgan fingerprint density at radius 2 is 1.65 bits per heavy atom. The third kappa shape index (κ3) is 4.65. The van der Waals surface area contributed by atoms with Gasteiger partial charge >= 0.3 is 0 Å². The van der Waals surface area contributed by atoms with Crippen molar-refractivity contribution in [2.24, 2.45) is 0 Å². The van der Waals surface area contributed by atoms with Crippen molar-refractivity contribution in [2.45, 2.75) is 42.9 Å². The summed E-state index contributed by atoms with van der Waals surface area (Å²) in [6, 6.07) is 10.7. The van der Waals surface area contributed by atoms with Crippen LogP contribution in [0.15, 0.2) is 52.3 Å². The lowest BCUT2D eigenvalue weighted by molar-refractivity contribution is -0.384. The van der Waals surface area contributed by atoms with Crippen LogP contribution in [0.2, 0.25) is 0 Å². The molecule has 0 bridgehead atoms. The van der Waals surface area contributed by atoms with Gasteiger partial charge in [-0.05, 0) is 57.4 Å². The Morgan fingerprint density at radius 1 is 0.971 bits per heavy atom. The monoisotopic (exact) mass is 481 g/mol. The van der Waals surface area contributed by atoms with Crippen LogP contribution in [0.25, 0.3) is 0 Å². The van der Waals surface area contributed by atoms with E-state index in [0.717, 1.165) is 42.1 Å². The number of nitro groups is 2. The van der Waals surface area contributed by atoms with Crippen molar-refractivity contribution in [2.75, 3.05) is 18.0 Å². The number of non-ortho nitro benzene ring substituents is 1. The van der Waals surface area contributed by atoms with Gasteiger partial charge in [-0.15, -0.1) is 0 Å². The largest absolute Gasteiger partial charge is 0.366 e. The van der Waals surface area contributed by atoms with E-state index in [9.17, 15) is 25.0 Å². The van der Waals surface area contributed by atoms with Crippen LogP contribution in [0, 0.1) is 34.1 Å². The number of rotatable bonds is 6. The maximum atomic E-state index is 13.2. The first kappa shape index (κ1) is 23.4. The van der Waals surface area contributed by atoms with Gasteiger partial charge in [-0.1, -0.05) is 11.8 Å². The van der Waals surface area contributed by atoms with Crippen LogP contribution in [-0.4, -0.2) is 38.6 Å². The zero-order valence-electron chi connectivity index (χ0n) is 18.8. The molecule has 4 rings (SSSR count). The molecule has 3 aromatic rings. The molecular weight excluding hydrogens is 458 g/mol. The number of hydrogen-bond acceptors (Lipinski definition) is 8. The zero-order valence-corrected chi connectivity index (χ0v) is 19.6.